The third-order valence-electron chi connectivity index (χ3n) is 4.22. The molecule has 0 fully saturated rings. The lowest BCUT2D eigenvalue weighted by Crippen LogP contribution is -2.50. The van der Waals surface area contributed by atoms with Gasteiger partial charge in [0, 0.05) is 0 Å². The Morgan fingerprint density at radius 2 is 1.44 bits per heavy atom. The molecule has 0 bridgehead atoms. The van der Waals surface area contributed by atoms with Gasteiger partial charge in [-0.2, -0.15) is 0 Å². The predicted molar refractivity (Wildman–Crippen MR) is 92.5 cm³/mol. The van der Waals surface area contributed by atoms with Crippen molar-refractivity contribution in [2.24, 2.45) is 17.6 Å². The number of rotatable bonds is 11. The second-order valence-corrected chi connectivity index (χ2v) is 6.17. The molecular weight excluding hydrogens is 328 g/mol. The molecule has 0 aliphatic rings. The van der Waals surface area contributed by atoms with Gasteiger partial charge in [0.2, 0.25) is 17.7 Å². The summed E-state index contributed by atoms with van der Waals surface area (Å²) in [6, 6.07) is -1.71. The maximum Gasteiger partial charge on any atom is 0.326 e. The van der Waals surface area contributed by atoms with Crippen LogP contribution < -0.4 is 21.7 Å². The fourth-order valence-electron chi connectivity index (χ4n) is 1.95. The van der Waals surface area contributed by atoms with Crippen LogP contribution in [0, 0.1) is 11.8 Å². The number of carboxylic acids is 1. The molecule has 0 radical (unpaired) electrons. The van der Waals surface area contributed by atoms with E-state index in [2.05, 4.69) is 16.0 Å². The highest BCUT2D eigenvalue weighted by Crippen LogP contribution is 2.07. The summed E-state index contributed by atoms with van der Waals surface area (Å²) in [6.07, 6.45) is 1.33. The van der Waals surface area contributed by atoms with Crippen molar-refractivity contribution in [3.63, 3.8) is 0 Å². The summed E-state index contributed by atoms with van der Waals surface area (Å²) in [6.45, 7) is 6.61. The minimum Gasteiger partial charge on any atom is -0.480 e. The van der Waals surface area contributed by atoms with Crippen LogP contribution in [-0.2, 0) is 19.2 Å². The highest BCUT2D eigenvalue weighted by molar-refractivity contribution is 5.90. The highest BCUT2D eigenvalue weighted by atomic mass is 16.4. The van der Waals surface area contributed by atoms with Crippen molar-refractivity contribution in [1.29, 1.82) is 0 Å². The zero-order valence-corrected chi connectivity index (χ0v) is 15.3. The van der Waals surface area contributed by atoms with Gasteiger partial charge in [0.1, 0.15) is 6.04 Å². The first kappa shape index (κ1) is 22.8. The monoisotopic (exact) mass is 358 g/mol. The fourth-order valence-corrected chi connectivity index (χ4v) is 1.95. The topological polar surface area (TPSA) is 151 Å². The Morgan fingerprint density at radius 3 is 1.92 bits per heavy atom. The molecule has 0 aromatic carbocycles. The second kappa shape index (κ2) is 11.4. The normalized spacial score (nSPS) is 15.4. The lowest BCUT2D eigenvalue weighted by atomic mass is 9.99. The SMILES string of the molecule is CCC(C)C(N)C(=O)NCC(=O)NCC(=O)NC(C(=O)O)C(C)CC. The number of carboxylic acid groups (broad SMARTS) is 1. The van der Waals surface area contributed by atoms with Gasteiger partial charge >= 0.3 is 5.97 Å². The average molecular weight is 358 g/mol. The fraction of sp³-hybridized carbons (Fsp3) is 0.750. The zero-order valence-electron chi connectivity index (χ0n) is 15.3. The number of hydrogen-bond donors (Lipinski definition) is 5. The largest absolute Gasteiger partial charge is 0.480 e. The Morgan fingerprint density at radius 1 is 0.920 bits per heavy atom. The predicted octanol–water partition coefficient (Wildman–Crippen LogP) is -0.792. The minimum absolute atomic E-state index is 0.0117. The van der Waals surface area contributed by atoms with Gasteiger partial charge in [-0.1, -0.05) is 40.5 Å². The first-order chi connectivity index (χ1) is 11.6. The van der Waals surface area contributed by atoms with Gasteiger partial charge in [0.25, 0.3) is 0 Å². The Balaban J connectivity index is 4.26. The number of amides is 3. The van der Waals surface area contributed by atoms with Gasteiger partial charge in [-0.15, -0.1) is 0 Å². The Labute approximate surface area is 148 Å². The molecule has 25 heavy (non-hydrogen) atoms. The number of hydrogen-bond acceptors (Lipinski definition) is 5. The first-order valence-corrected chi connectivity index (χ1v) is 8.46. The van der Waals surface area contributed by atoms with Crippen LogP contribution in [0.1, 0.15) is 40.5 Å². The van der Waals surface area contributed by atoms with Crippen LogP contribution in [0.5, 0.6) is 0 Å². The summed E-state index contributed by atoms with van der Waals surface area (Å²) in [5, 5.41) is 16.2. The van der Waals surface area contributed by atoms with Gasteiger partial charge in [-0.05, 0) is 11.8 Å². The second-order valence-electron chi connectivity index (χ2n) is 6.17. The van der Waals surface area contributed by atoms with E-state index in [0.717, 1.165) is 6.42 Å². The van der Waals surface area contributed by atoms with Crippen molar-refractivity contribution in [3.8, 4) is 0 Å². The average Bonchev–Trinajstić information content (AvgIpc) is 2.59. The Bertz CT molecular complexity index is 483. The van der Waals surface area contributed by atoms with Crippen molar-refractivity contribution in [2.45, 2.75) is 52.6 Å². The van der Waals surface area contributed by atoms with Gasteiger partial charge < -0.3 is 26.8 Å². The third kappa shape index (κ3) is 8.48. The van der Waals surface area contributed by atoms with Crippen molar-refractivity contribution in [3.05, 3.63) is 0 Å². The zero-order chi connectivity index (χ0) is 19.6. The third-order valence-corrected chi connectivity index (χ3v) is 4.22. The van der Waals surface area contributed by atoms with E-state index < -0.39 is 35.8 Å². The standard InChI is InChI=1S/C16H30N4O5/c1-5-9(3)13(17)15(23)19-7-11(21)18-8-12(22)20-14(16(24)25)10(4)6-2/h9-10,13-14H,5-8,17H2,1-4H3,(H,18,21)(H,19,23)(H,20,22)(H,24,25). The van der Waals surface area contributed by atoms with E-state index in [-0.39, 0.29) is 24.9 Å². The molecular formula is C16H30N4O5. The lowest BCUT2D eigenvalue weighted by Gasteiger charge is -2.20. The van der Waals surface area contributed by atoms with E-state index in [1.807, 2.05) is 20.8 Å². The first-order valence-electron chi connectivity index (χ1n) is 8.46. The van der Waals surface area contributed by atoms with Crippen molar-refractivity contribution in [1.82, 2.24) is 16.0 Å². The van der Waals surface area contributed by atoms with Crippen molar-refractivity contribution >= 4 is 23.7 Å². The molecule has 0 aromatic heterocycles. The smallest absolute Gasteiger partial charge is 0.326 e. The molecule has 9 heteroatoms. The van der Waals surface area contributed by atoms with Crippen LogP contribution in [0.4, 0.5) is 0 Å². The van der Waals surface area contributed by atoms with E-state index in [4.69, 9.17) is 10.8 Å². The molecule has 0 rings (SSSR count). The van der Waals surface area contributed by atoms with Gasteiger partial charge in [-0.3, -0.25) is 14.4 Å². The molecule has 0 spiro atoms. The van der Waals surface area contributed by atoms with E-state index in [1.165, 1.54) is 0 Å². The van der Waals surface area contributed by atoms with Crippen LogP contribution in [0.3, 0.4) is 0 Å². The molecule has 0 saturated heterocycles. The number of aliphatic carboxylic acids is 1. The van der Waals surface area contributed by atoms with E-state index in [0.29, 0.717) is 6.42 Å². The minimum atomic E-state index is -1.12. The van der Waals surface area contributed by atoms with Crippen LogP contribution in [0.2, 0.25) is 0 Å². The van der Waals surface area contributed by atoms with Gasteiger partial charge in [0.15, 0.2) is 0 Å². The molecule has 0 aromatic rings. The van der Waals surface area contributed by atoms with Crippen molar-refractivity contribution in [2.75, 3.05) is 13.1 Å². The summed E-state index contributed by atoms with van der Waals surface area (Å²) in [5.74, 6) is -2.98. The molecule has 0 aliphatic heterocycles. The number of nitrogens with two attached hydrogens (primary N) is 1. The molecule has 4 unspecified atom stereocenters. The quantitative estimate of drug-likeness (QED) is 0.326. The van der Waals surface area contributed by atoms with Crippen molar-refractivity contribution < 1.29 is 24.3 Å². The van der Waals surface area contributed by atoms with E-state index >= 15 is 0 Å². The molecule has 144 valence electrons. The maximum absolute atomic E-state index is 11.8. The van der Waals surface area contributed by atoms with Crippen LogP contribution in [0.15, 0.2) is 0 Å². The molecule has 0 saturated carbocycles. The number of nitrogens with one attached hydrogen (secondary N) is 3. The number of carbonyl (C=O) groups is 4. The van der Waals surface area contributed by atoms with Crippen LogP contribution in [-0.4, -0.2) is 54.0 Å². The van der Waals surface area contributed by atoms with Gasteiger partial charge in [-0.25, -0.2) is 4.79 Å². The van der Waals surface area contributed by atoms with E-state index in [1.54, 1.807) is 6.92 Å². The summed E-state index contributed by atoms with van der Waals surface area (Å²) in [5.41, 5.74) is 5.74. The molecule has 6 N–H and O–H groups in total. The lowest BCUT2D eigenvalue weighted by molar-refractivity contribution is -0.143. The summed E-state index contributed by atoms with van der Waals surface area (Å²) < 4.78 is 0. The summed E-state index contributed by atoms with van der Waals surface area (Å²) in [7, 11) is 0. The molecule has 4 atom stereocenters. The molecule has 3 amide bonds. The summed E-state index contributed by atoms with van der Waals surface area (Å²) in [4.78, 5) is 46.3. The molecule has 9 nitrogen and oxygen atoms in total. The Hall–Kier alpha value is -2.16. The number of carbonyl (C=O) groups excluding carboxylic acids is 3. The maximum atomic E-state index is 11.8. The van der Waals surface area contributed by atoms with Crippen LogP contribution in [0.25, 0.3) is 0 Å². The summed E-state index contributed by atoms with van der Waals surface area (Å²) >= 11 is 0. The van der Waals surface area contributed by atoms with E-state index in [9.17, 15) is 19.2 Å². The van der Waals surface area contributed by atoms with Crippen LogP contribution >= 0.6 is 0 Å². The highest BCUT2D eigenvalue weighted by Gasteiger charge is 2.25. The Kier molecular flexibility index (Phi) is 10.4. The molecule has 0 aliphatic carbocycles. The van der Waals surface area contributed by atoms with Gasteiger partial charge in [0.05, 0.1) is 19.1 Å². The molecule has 0 heterocycles.